The van der Waals surface area contributed by atoms with Gasteiger partial charge in [-0.1, -0.05) is 58.3 Å². The van der Waals surface area contributed by atoms with Crippen LogP contribution in [0.3, 0.4) is 0 Å². The normalized spacial score (nSPS) is 14.6. The summed E-state index contributed by atoms with van der Waals surface area (Å²) in [5.41, 5.74) is 0. The van der Waals surface area contributed by atoms with E-state index in [1.165, 1.54) is 57.8 Å². The molecule has 0 aromatic rings. The van der Waals surface area contributed by atoms with Crippen molar-refractivity contribution in [3.05, 3.63) is 12.4 Å². The molecule has 0 aromatic heterocycles. The molecule has 1 aliphatic rings. The van der Waals surface area contributed by atoms with Crippen molar-refractivity contribution < 1.29 is 4.74 Å². The third-order valence-corrected chi connectivity index (χ3v) is 3.59. The molecule has 3 heteroatoms. The number of nitrogens with zero attached hydrogens (tertiary/aromatic N) is 2. The highest BCUT2D eigenvalue weighted by Crippen LogP contribution is 2.09. The third-order valence-electron chi connectivity index (χ3n) is 3.59. The minimum atomic E-state index is 0.734. The van der Waals surface area contributed by atoms with Crippen molar-refractivity contribution in [2.24, 2.45) is 0 Å². The standard InChI is InChI=1S/C16H32N2O/c1-3-4-5-6-7-8-9-10-11-14-19-16-18-13-12-17(2)15-18/h12-13H,3-11,14-16H2,1-2H3. The molecule has 112 valence electrons. The van der Waals surface area contributed by atoms with Gasteiger partial charge in [0.1, 0.15) is 6.73 Å². The molecule has 0 saturated heterocycles. The molecular formula is C16H32N2O. The van der Waals surface area contributed by atoms with E-state index in [0.29, 0.717) is 0 Å². The first-order valence-electron chi connectivity index (χ1n) is 8.03. The van der Waals surface area contributed by atoms with Crippen LogP contribution in [-0.4, -0.2) is 36.9 Å². The Bertz CT molecular complexity index is 231. The van der Waals surface area contributed by atoms with Gasteiger partial charge in [-0.3, -0.25) is 0 Å². The van der Waals surface area contributed by atoms with E-state index in [9.17, 15) is 0 Å². The molecule has 3 nitrogen and oxygen atoms in total. The Kier molecular flexibility index (Phi) is 9.60. The SMILES string of the molecule is CCCCCCCCCCCOCN1C=CN(C)C1. The van der Waals surface area contributed by atoms with Crippen LogP contribution in [0.4, 0.5) is 0 Å². The molecule has 0 aliphatic carbocycles. The second kappa shape index (κ2) is 11.2. The Hall–Kier alpha value is -0.700. The van der Waals surface area contributed by atoms with Crippen LogP contribution in [0.2, 0.25) is 0 Å². The summed E-state index contributed by atoms with van der Waals surface area (Å²) in [6.45, 7) is 4.87. The molecule has 0 unspecified atom stereocenters. The van der Waals surface area contributed by atoms with Crippen molar-refractivity contribution in [3.63, 3.8) is 0 Å². The Morgan fingerprint density at radius 2 is 1.53 bits per heavy atom. The van der Waals surface area contributed by atoms with Crippen LogP contribution < -0.4 is 0 Å². The Balaban J connectivity index is 1.73. The van der Waals surface area contributed by atoms with E-state index in [2.05, 4.69) is 36.2 Å². The fourth-order valence-corrected chi connectivity index (χ4v) is 2.37. The molecule has 0 spiro atoms. The first kappa shape index (κ1) is 16.4. The second-order valence-corrected chi connectivity index (χ2v) is 5.65. The molecule has 1 aliphatic heterocycles. The minimum absolute atomic E-state index is 0.734. The van der Waals surface area contributed by atoms with E-state index in [-0.39, 0.29) is 0 Å². The molecule has 0 saturated carbocycles. The summed E-state index contributed by atoms with van der Waals surface area (Å²) in [6, 6.07) is 0. The van der Waals surface area contributed by atoms with Crippen LogP contribution in [0.5, 0.6) is 0 Å². The van der Waals surface area contributed by atoms with Gasteiger partial charge in [-0.25, -0.2) is 0 Å². The number of ether oxygens (including phenoxy) is 1. The average Bonchev–Trinajstić information content (AvgIpc) is 2.82. The van der Waals surface area contributed by atoms with Gasteiger partial charge in [0.2, 0.25) is 0 Å². The van der Waals surface area contributed by atoms with E-state index in [4.69, 9.17) is 4.74 Å². The molecule has 0 bridgehead atoms. The average molecular weight is 268 g/mol. The molecule has 0 radical (unpaired) electrons. The monoisotopic (exact) mass is 268 g/mol. The number of hydrogen-bond donors (Lipinski definition) is 0. The largest absolute Gasteiger partial charge is 0.362 e. The van der Waals surface area contributed by atoms with E-state index in [0.717, 1.165) is 20.0 Å². The summed E-state index contributed by atoms with van der Waals surface area (Å²) in [4.78, 5) is 4.34. The molecule has 19 heavy (non-hydrogen) atoms. The number of hydrogen-bond acceptors (Lipinski definition) is 3. The summed E-state index contributed by atoms with van der Waals surface area (Å²) in [6.07, 6.45) is 16.5. The Labute approximate surface area is 119 Å². The van der Waals surface area contributed by atoms with Crippen LogP contribution in [0.1, 0.15) is 64.7 Å². The quantitative estimate of drug-likeness (QED) is 0.494. The van der Waals surface area contributed by atoms with Gasteiger partial charge in [-0.15, -0.1) is 0 Å². The molecule has 0 N–H and O–H groups in total. The zero-order valence-corrected chi connectivity index (χ0v) is 12.9. The van der Waals surface area contributed by atoms with E-state index >= 15 is 0 Å². The van der Waals surface area contributed by atoms with E-state index < -0.39 is 0 Å². The lowest BCUT2D eigenvalue weighted by Gasteiger charge is -2.17. The highest BCUT2D eigenvalue weighted by atomic mass is 16.5. The van der Waals surface area contributed by atoms with Gasteiger partial charge in [0, 0.05) is 26.1 Å². The maximum absolute atomic E-state index is 5.67. The van der Waals surface area contributed by atoms with E-state index in [1.807, 2.05) is 0 Å². The summed E-state index contributed by atoms with van der Waals surface area (Å²) in [7, 11) is 2.08. The smallest absolute Gasteiger partial charge is 0.119 e. The van der Waals surface area contributed by atoms with Crippen LogP contribution in [0.25, 0.3) is 0 Å². The Morgan fingerprint density at radius 3 is 2.11 bits per heavy atom. The lowest BCUT2D eigenvalue weighted by atomic mass is 10.1. The maximum Gasteiger partial charge on any atom is 0.119 e. The first-order chi connectivity index (χ1) is 9.33. The van der Waals surface area contributed by atoms with Gasteiger partial charge < -0.3 is 14.5 Å². The summed E-state index contributed by atoms with van der Waals surface area (Å²) < 4.78 is 5.67. The van der Waals surface area contributed by atoms with Crippen molar-refractivity contribution >= 4 is 0 Å². The molecule has 1 heterocycles. The van der Waals surface area contributed by atoms with Crippen molar-refractivity contribution in [3.8, 4) is 0 Å². The molecule has 0 atom stereocenters. The Morgan fingerprint density at radius 1 is 0.895 bits per heavy atom. The van der Waals surface area contributed by atoms with Crippen molar-refractivity contribution in [2.75, 3.05) is 27.1 Å². The second-order valence-electron chi connectivity index (χ2n) is 5.65. The minimum Gasteiger partial charge on any atom is -0.362 e. The lowest BCUT2D eigenvalue weighted by Crippen LogP contribution is -2.24. The van der Waals surface area contributed by atoms with Crippen LogP contribution in [-0.2, 0) is 4.74 Å². The summed E-state index contributed by atoms with van der Waals surface area (Å²) in [5, 5.41) is 0. The van der Waals surface area contributed by atoms with Gasteiger partial charge in [-0.2, -0.15) is 0 Å². The zero-order valence-electron chi connectivity index (χ0n) is 12.9. The number of unbranched alkanes of at least 4 members (excludes halogenated alkanes) is 8. The highest BCUT2D eigenvalue weighted by Gasteiger charge is 2.06. The third kappa shape index (κ3) is 8.93. The predicted molar refractivity (Wildman–Crippen MR) is 81.7 cm³/mol. The van der Waals surface area contributed by atoms with Gasteiger partial charge in [0.25, 0.3) is 0 Å². The van der Waals surface area contributed by atoms with Crippen molar-refractivity contribution in [1.82, 2.24) is 9.80 Å². The van der Waals surface area contributed by atoms with Gasteiger partial charge in [0.05, 0.1) is 6.67 Å². The molecular weight excluding hydrogens is 236 g/mol. The molecule has 0 fully saturated rings. The molecule has 1 rings (SSSR count). The zero-order chi connectivity index (χ0) is 13.8. The van der Waals surface area contributed by atoms with E-state index in [1.54, 1.807) is 0 Å². The molecule has 0 aromatic carbocycles. The highest BCUT2D eigenvalue weighted by molar-refractivity contribution is 4.87. The van der Waals surface area contributed by atoms with Gasteiger partial charge in [0.15, 0.2) is 0 Å². The number of rotatable bonds is 12. The fourth-order valence-electron chi connectivity index (χ4n) is 2.37. The van der Waals surface area contributed by atoms with Crippen LogP contribution in [0.15, 0.2) is 12.4 Å². The van der Waals surface area contributed by atoms with Gasteiger partial charge in [-0.05, 0) is 6.42 Å². The van der Waals surface area contributed by atoms with Crippen molar-refractivity contribution in [1.29, 1.82) is 0 Å². The molecule has 0 amide bonds. The van der Waals surface area contributed by atoms with Gasteiger partial charge >= 0.3 is 0 Å². The topological polar surface area (TPSA) is 15.7 Å². The summed E-state index contributed by atoms with van der Waals surface area (Å²) in [5.74, 6) is 0. The summed E-state index contributed by atoms with van der Waals surface area (Å²) >= 11 is 0. The van der Waals surface area contributed by atoms with Crippen LogP contribution in [0, 0.1) is 0 Å². The predicted octanol–water partition coefficient (Wildman–Crippen LogP) is 4.17. The lowest BCUT2D eigenvalue weighted by molar-refractivity contribution is 0.0449. The van der Waals surface area contributed by atoms with Crippen molar-refractivity contribution in [2.45, 2.75) is 64.7 Å². The maximum atomic E-state index is 5.67. The van der Waals surface area contributed by atoms with Crippen LogP contribution >= 0.6 is 0 Å². The fraction of sp³-hybridized carbons (Fsp3) is 0.875. The first-order valence-corrected chi connectivity index (χ1v) is 8.03.